The maximum atomic E-state index is 13.5. The molecule has 15 nitrogen and oxygen atoms in total. The molecule has 0 aliphatic rings. The number of nitrogens with zero attached hydrogens (tertiary/aromatic N) is 5. The summed E-state index contributed by atoms with van der Waals surface area (Å²) in [5.41, 5.74) is -0.347. The number of sulfonamides is 1. The third kappa shape index (κ3) is 11.3. The van der Waals surface area contributed by atoms with Gasteiger partial charge in [-0.05, 0) is 71.9 Å². The first-order valence-electron chi connectivity index (χ1n) is 14.7. The summed E-state index contributed by atoms with van der Waals surface area (Å²) in [6.07, 6.45) is -8.41. The molecule has 1 aromatic heterocycles. The van der Waals surface area contributed by atoms with E-state index in [0.717, 1.165) is 33.5 Å². The third-order valence-electron chi connectivity index (χ3n) is 6.24. The highest BCUT2D eigenvalue weighted by Gasteiger charge is 2.35. The molecule has 0 radical (unpaired) electrons. The summed E-state index contributed by atoms with van der Waals surface area (Å²) >= 11 is 0. The largest absolute Gasteiger partial charge is 0.569 e. The van der Waals surface area contributed by atoms with E-state index in [0.29, 0.717) is 5.56 Å². The van der Waals surface area contributed by atoms with E-state index in [1.165, 1.54) is 19.1 Å². The third-order valence-corrected chi connectivity index (χ3v) is 7.57. The molecule has 1 N–H and O–H groups in total. The average molecular weight is 715 g/mol. The lowest BCUT2D eigenvalue weighted by atomic mass is 10.1. The van der Waals surface area contributed by atoms with E-state index in [4.69, 9.17) is 19.0 Å². The number of aromatic nitrogens is 2. The van der Waals surface area contributed by atoms with Crippen molar-refractivity contribution in [3.63, 3.8) is 0 Å². The topological polar surface area (TPSA) is 177 Å². The molecule has 1 atom stereocenters. The lowest BCUT2D eigenvalue weighted by Gasteiger charge is -2.22. The fourth-order valence-corrected chi connectivity index (χ4v) is 4.86. The fraction of sp³-hybridized carbons (Fsp3) is 0.433. The lowest BCUT2D eigenvalue weighted by molar-refractivity contribution is -0.719. The fourth-order valence-electron chi connectivity index (χ4n) is 3.97. The number of ether oxygens (including phenoxy) is 3. The second-order valence-corrected chi connectivity index (χ2v) is 13.5. The van der Waals surface area contributed by atoms with Crippen molar-refractivity contribution in [2.75, 3.05) is 13.2 Å². The van der Waals surface area contributed by atoms with Crippen molar-refractivity contribution in [2.45, 2.75) is 77.5 Å². The zero-order chi connectivity index (χ0) is 36.7. The number of alkyl halides is 3. The molecule has 1 amide bonds. The molecule has 3 rings (SSSR count). The van der Waals surface area contributed by atoms with Crippen LogP contribution >= 0.6 is 0 Å². The second-order valence-electron chi connectivity index (χ2n) is 11.8. The number of benzene rings is 2. The van der Waals surface area contributed by atoms with Gasteiger partial charge >= 0.3 is 18.4 Å². The predicted molar refractivity (Wildman–Crippen MR) is 166 cm³/mol. The number of aryl methyl sites for hydroxylation is 1. The van der Waals surface area contributed by atoms with Gasteiger partial charge in [-0.1, -0.05) is 29.8 Å². The molecule has 1 unspecified atom stereocenters. The van der Waals surface area contributed by atoms with E-state index in [9.17, 15) is 36.4 Å². The van der Waals surface area contributed by atoms with Crippen LogP contribution in [0.5, 0.6) is 0 Å². The first-order valence-corrected chi connectivity index (χ1v) is 16.2. The number of hydrogen-bond donors (Lipinski definition) is 1. The van der Waals surface area contributed by atoms with Crippen molar-refractivity contribution in [2.24, 2.45) is 5.28 Å². The van der Waals surface area contributed by atoms with Crippen LogP contribution in [0.1, 0.15) is 52.8 Å². The van der Waals surface area contributed by atoms with Crippen molar-refractivity contribution >= 4 is 22.3 Å². The molecule has 2 aromatic carbocycles. The second kappa shape index (κ2) is 15.4. The van der Waals surface area contributed by atoms with E-state index < -0.39 is 58.7 Å². The van der Waals surface area contributed by atoms with Crippen LogP contribution in [0, 0.1) is 12.1 Å². The number of amides is 1. The summed E-state index contributed by atoms with van der Waals surface area (Å²) in [6.45, 7) is 10.5. The van der Waals surface area contributed by atoms with Crippen molar-refractivity contribution in [3.05, 3.63) is 71.1 Å². The number of carbonyl (C=O) groups excluding carboxylic acids is 2. The monoisotopic (exact) mass is 714 g/mol. The van der Waals surface area contributed by atoms with Gasteiger partial charge in [-0.15, -0.1) is 5.01 Å². The number of halogens is 3. The molecule has 49 heavy (non-hydrogen) atoms. The number of hydrazine groups is 1. The molecule has 0 bridgehead atoms. The Balaban J connectivity index is 1.63. The number of nitrogens with one attached hydrogen (secondary N) is 1. The van der Waals surface area contributed by atoms with Gasteiger partial charge in [-0.3, -0.25) is 4.84 Å². The molecule has 0 spiro atoms. The standard InChI is InChI=1S/C30H37F3N6O9S/c1-19(2)37(39(42)36-48-21(4)46-28(41)47-29(5,6)7)16-17-45-27(40)35-49(43,44)24-14-12-23(13-15-24)38-25(18-26(34-38)30(31,32)33)22-10-8-20(3)9-11-22/h8-15,18-19,21H,16-17H2,1-7H3,(H,35,40). The molecule has 1 heterocycles. The SMILES string of the molecule is Cc1ccc(-c2cc(C(F)(F)F)nn2-c2ccc(S(=O)(=O)NC(=O)OCCN(C(C)C)[N+]([O-])=NOC(C)OC(=O)OC(C)(C)C)cc2)cc1. The van der Waals surface area contributed by atoms with Gasteiger partial charge in [0.15, 0.2) is 5.69 Å². The minimum atomic E-state index is -4.73. The van der Waals surface area contributed by atoms with Crippen molar-refractivity contribution in [3.8, 4) is 16.9 Å². The van der Waals surface area contributed by atoms with Gasteiger partial charge in [0.05, 0.1) is 27.3 Å². The van der Waals surface area contributed by atoms with Gasteiger partial charge in [0, 0.05) is 12.5 Å². The molecule has 0 fully saturated rings. The molecule has 0 aliphatic carbocycles. The molecular formula is C30H37F3N6O9S. The Bertz CT molecular complexity index is 1740. The smallest absolute Gasteiger partial charge is 0.511 e. The number of hydrogen-bond acceptors (Lipinski definition) is 11. The maximum absolute atomic E-state index is 13.5. The van der Waals surface area contributed by atoms with E-state index in [2.05, 4.69) is 10.4 Å². The molecule has 0 saturated heterocycles. The molecule has 3 aromatic rings. The van der Waals surface area contributed by atoms with E-state index in [1.54, 1.807) is 63.6 Å². The Morgan fingerprint density at radius 1 is 1.06 bits per heavy atom. The number of carbonyl (C=O) groups is 2. The molecule has 0 saturated carbocycles. The Hall–Kier alpha value is -5.07. The van der Waals surface area contributed by atoms with Gasteiger partial charge in [-0.2, -0.15) is 18.3 Å². The Labute approximate surface area is 280 Å². The van der Waals surface area contributed by atoms with E-state index >= 15 is 0 Å². The van der Waals surface area contributed by atoms with Crippen molar-refractivity contribution in [1.82, 2.24) is 19.5 Å². The van der Waals surface area contributed by atoms with Gasteiger partial charge in [0.25, 0.3) is 16.3 Å². The quantitative estimate of drug-likeness (QED) is 0.0754. The minimum Gasteiger partial charge on any atom is -0.569 e. The van der Waals surface area contributed by atoms with Crippen molar-refractivity contribution in [1.29, 1.82) is 0 Å². The Morgan fingerprint density at radius 2 is 1.67 bits per heavy atom. The molecular weight excluding hydrogens is 677 g/mol. The minimum absolute atomic E-state index is 0.0424. The summed E-state index contributed by atoms with van der Waals surface area (Å²) in [7, 11) is -4.48. The number of rotatable bonds is 12. The Kier molecular flexibility index (Phi) is 12.1. The maximum Gasteiger partial charge on any atom is 0.511 e. The summed E-state index contributed by atoms with van der Waals surface area (Å²) < 4.78 is 83.7. The average Bonchev–Trinajstić information content (AvgIpc) is 3.43. The summed E-state index contributed by atoms with van der Waals surface area (Å²) in [5.74, 6) is 0. The lowest BCUT2D eigenvalue weighted by Crippen LogP contribution is -2.41. The van der Waals surface area contributed by atoms with Gasteiger partial charge in [-0.25, -0.2) is 27.4 Å². The Morgan fingerprint density at radius 3 is 2.22 bits per heavy atom. The first kappa shape index (κ1) is 38.4. The highest BCUT2D eigenvalue weighted by atomic mass is 32.2. The van der Waals surface area contributed by atoms with Gasteiger partial charge < -0.3 is 19.4 Å². The van der Waals surface area contributed by atoms with Gasteiger partial charge in [0.2, 0.25) is 5.28 Å². The van der Waals surface area contributed by atoms with Crippen molar-refractivity contribution < 1.29 is 55.2 Å². The van der Waals surface area contributed by atoms with Crippen LogP contribution in [0.25, 0.3) is 16.9 Å². The van der Waals surface area contributed by atoms with E-state index in [-0.39, 0.29) is 27.8 Å². The highest BCUT2D eigenvalue weighted by Crippen LogP contribution is 2.33. The van der Waals surface area contributed by atoms with Crippen LogP contribution < -0.4 is 4.72 Å². The van der Waals surface area contributed by atoms with Crippen LogP contribution in [-0.4, -0.2) is 71.5 Å². The summed E-state index contributed by atoms with van der Waals surface area (Å²) in [4.78, 5) is 28.6. The van der Waals surface area contributed by atoms with Crippen LogP contribution in [0.4, 0.5) is 22.8 Å². The summed E-state index contributed by atoms with van der Waals surface area (Å²) in [6, 6.07) is 11.8. The van der Waals surface area contributed by atoms with Crippen LogP contribution in [0.15, 0.2) is 64.8 Å². The molecule has 19 heteroatoms. The van der Waals surface area contributed by atoms with Gasteiger partial charge in [0.1, 0.15) is 18.8 Å². The summed E-state index contributed by atoms with van der Waals surface area (Å²) in [5, 5.41) is 20.5. The first-order chi connectivity index (χ1) is 22.7. The van der Waals surface area contributed by atoms with Crippen LogP contribution in [0.3, 0.4) is 0 Å². The zero-order valence-electron chi connectivity index (χ0n) is 27.7. The normalized spacial score (nSPS) is 13.1. The molecule has 268 valence electrons. The zero-order valence-corrected chi connectivity index (χ0v) is 28.5. The van der Waals surface area contributed by atoms with Crippen LogP contribution in [0.2, 0.25) is 0 Å². The molecule has 0 aliphatic heterocycles. The van der Waals surface area contributed by atoms with Crippen LogP contribution in [-0.2, 0) is 35.2 Å². The predicted octanol–water partition coefficient (Wildman–Crippen LogP) is 6.10. The van der Waals surface area contributed by atoms with E-state index in [1.807, 2.05) is 6.92 Å². The highest BCUT2D eigenvalue weighted by molar-refractivity contribution is 7.90.